The Morgan fingerprint density at radius 2 is 1.92 bits per heavy atom. The van der Waals surface area contributed by atoms with E-state index >= 15 is 0 Å². The van der Waals surface area contributed by atoms with Crippen molar-refractivity contribution < 1.29 is 4.42 Å². The number of benzene rings is 1. The molecule has 126 valence electrons. The number of hydrogen-bond donors (Lipinski definition) is 1. The summed E-state index contributed by atoms with van der Waals surface area (Å²) < 4.78 is 5.78. The predicted molar refractivity (Wildman–Crippen MR) is 99.4 cm³/mol. The van der Waals surface area contributed by atoms with Gasteiger partial charge in [-0.1, -0.05) is 18.2 Å². The van der Waals surface area contributed by atoms with Crippen molar-refractivity contribution in [1.82, 2.24) is 14.9 Å². The summed E-state index contributed by atoms with van der Waals surface area (Å²) in [6.07, 6.45) is 8.51. The van der Waals surface area contributed by atoms with Gasteiger partial charge < -0.3 is 9.40 Å². The van der Waals surface area contributed by atoms with Crippen molar-refractivity contribution in [2.45, 2.75) is 12.5 Å². The van der Waals surface area contributed by atoms with Gasteiger partial charge in [0.2, 0.25) is 0 Å². The molecule has 25 heavy (non-hydrogen) atoms. The van der Waals surface area contributed by atoms with Crippen LogP contribution in [-0.4, -0.2) is 28.5 Å². The molecule has 0 bridgehead atoms. The number of fused-ring (bicyclic) bond motifs is 1. The first-order valence-corrected chi connectivity index (χ1v) is 8.51. The zero-order valence-corrected chi connectivity index (χ0v) is 14.2. The Morgan fingerprint density at radius 1 is 1.08 bits per heavy atom. The highest BCUT2D eigenvalue weighted by atomic mass is 16.3. The molecule has 0 fully saturated rings. The van der Waals surface area contributed by atoms with Gasteiger partial charge in [-0.25, -0.2) is 0 Å². The number of aromatic amines is 1. The number of H-pyrrole nitrogens is 1. The molecule has 4 aromatic rings. The highest BCUT2D eigenvalue weighted by Gasteiger charge is 2.24. The molecule has 1 unspecified atom stereocenters. The second-order valence-electron chi connectivity index (χ2n) is 6.29. The monoisotopic (exact) mass is 331 g/mol. The van der Waals surface area contributed by atoms with E-state index in [2.05, 4.69) is 70.6 Å². The van der Waals surface area contributed by atoms with Gasteiger partial charge in [0.25, 0.3) is 0 Å². The van der Waals surface area contributed by atoms with Crippen molar-refractivity contribution in [3.05, 3.63) is 90.3 Å². The van der Waals surface area contributed by atoms with Gasteiger partial charge in [0.1, 0.15) is 5.76 Å². The zero-order chi connectivity index (χ0) is 17.1. The number of nitrogens with one attached hydrogen (secondary N) is 1. The van der Waals surface area contributed by atoms with Crippen LogP contribution in [0.15, 0.2) is 77.8 Å². The van der Waals surface area contributed by atoms with E-state index in [1.54, 1.807) is 6.26 Å². The average molecular weight is 331 g/mol. The standard InChI is InChI=1S/C21H21N3O/c1-24(13-10-16-8-11-22-12-9-16)21(20-7-4-14-25-20)18-15-23-19-6-3-2-5-17(18)19/h2-9,11-12,14-15,21,23H,10,13H2,1H3. The minimum Gasteiger partial charge on any atom is -0.467 e. The molecule has 0 radical (unpaired) electrons. The van der Waals surface area contributed by atoms with Crippen molar-refractivity contribution in [2.75, 3.05) is 13.6 Å². The number of pyridine rings is 1. The van der Waals surface area contributed by atoms with E-state index in [4.69, 9.17) is 4.42 Å². The number of para-hydroxylation sites is 1. The van der Waals surface area contributed by atoms with Crippen molar-refractivity contribution >= 4 is 10.9 Å². The van der Waals surface area contributed by atoms with Crippen molar-refractivity contribution in [2.24, 2.45) is 0 Å². The van der Waals surface area contributed by atoms with E-state index < -0.39 is 0 Å². The Balaban J connectivity index is 1.65. The minimum absolute atomic E-state index is 0.0768. The van der Waals surface area contributed by atoms with Crippen LogP contribution in [0, 0.1) is 0 Å². The maximum absolute atomic E-state index is 5.78. The summed E-state index contributed by atoms with van der Waals surface area (Å²) in [5.74, 6) is 0.960. The van der Waals surface area contributed by atoms with Gasteiger partial charge in [0.05, 0.1) is 12.3 Å². The Morgan fingerprint density at radius 3 is 2.72 bits per heavy atom. The molecule has 0 spiro atoms. The SMILES string of the molecule is CN(CCc1ccncc1)C(c1ccco1)c1c[nH]c2ccccc12. The molecule has 3 heterocycles. The number of furan rings is 1. The quantitative estimate of drug-likeness (QED) is 0.569. The molecule has 0 aliphatic rings. The summed E-state index contributed by atoms with van der Waals surface area (Å²) in [5.41, 5.74) is 3.68. The Labute approximate surface area is 147 Å². The van der Waals surface area contributed by atoms with Crippen molar-refractivity contribution in [3.63, 3.8) is 0 Å². The average Bonchev–Trinajstić information content (AvgIpc) is 3.32. The summed E-state index contributed by atoms with van der Waals surface area (Å²) >= 11 is 0. The summed E-state index contributed by atoms with van der Waals surface area (Å²) in [4.78, 5) is 9.82. The third-order valence-corrected chi connectivity index (χ3v) is 4.67. The first-order valence-electron chi connectivity index (χ1n) is 8.51. The fourth-order valence-corrected chi connectivity index (χ4v) is 3.36. The molecule has 0 aliphatic heterocycles. The van der Waals surface area contributed by atoms with Gasteiger partial charge in [-0.15, -0.1) is 0 Å². The Bertz CT molecular complexity index is 928. The molecule has 0 aliphatic carbocycles. The molecule has 4 nitrogen and oxygen atoms in total. The van der Waals surface area contributed by atoms with Crippen molar-refractivity contribution in [1.29, 1.82) is 0 Å². The summed E-state index contributed by atoms with van der Waals surface area (Å²) in [6.45, 7) is 0.925. The van der Waals surface area contributed by atoms with Gasteiger partial charge in [-0.05, 0) is 49.4 Å². The molecule has 0 saturated carbocycles. The molecule has 1 N–H and O–H groups in total. The lowest BCUT2D eigenvalue weighted by Crippen LogP contribution is -2.27. The molecule has 3 aromatic heterocycles. The molecule has 1 atom stereocenters. The summed E-state index contributed by atoms with van der Waals surface area (Å²) in [5, 5.41) is 1.24. The molecule has 4 heteroatoms. The fourth-order valence-electron chi connectivity index (χ4n) is 3.36. The summed E-state index contributed by atoms with van der Waals surface area (Å²) in [7, 11) is 2.15. The highest BCUT2D eigenvalue weighted by molar-refractivity contribution is 5.83. The lowest BCUT2D eigenvalue weighted by Gasteiger charge is -2.26. The maximum atomic E-state index is 5.78. The number of aromatic nitrogens is 2. The van der Waals surface area contributed by atoms with Crippen molar-refractivity contribution in [3.8, 4) is 0 Å². The van der Waals surface area contributed by atoms with Crippen LogP contribution in [0.3, 0.4) is 0 Å². The third kappa shape index (κ3) is 3.21. The normalized spacial score (nSPS) is 12.7. The first kappa shape index (κ1) is 15.7. The second kappa shape index (κ2) is 6.95. The van der Waals surface area contributed by atoms with E-state index in [-0.39, 0.29) is 6.04 Å². The fraction of sp³-hybridized carbons (Fsp3) is 0.190. The van der Waals surface area contributed by atoms with Crippen LogP contribution in [0.1, 0.15) is 22.9 Å². The van der Waals surface area contributed by atoms with E-state index in [0.29, 0.717) is 0 Å². The lowest BCUT2D eigenvalue weighted by atomic mass is 10.0. The minimum atomic E-state index is 0.0768. The smallest absolute Gasteiger partial charge is 0.125 e. The zero-order valence-electron chi connectivity index (χ0n) is 14.2. The first-order chi connectivity index (χ1) is 12.3. The predicted octanol–water partition coefficient (Wildman–Crippen LogP) is 4.42. The van der Waals surface area contributed by atoms with E-state index in [9.17, 15) is 0 Å². The number of hydrogen-bond acceptors (Lipinski definition) is 3. The topological polar surface area (TPSA) is 45.1 Å². The number of likely N-dealkylation sites (N-methyl/N-ethyl adjacent to an activating group) is 1. The van der Waals surface area contributed by atoms with E-state index in [1.165, 1.54) is 16.5 Å². The Hall–Kier alpha value is -2.85. The van der Waals surface area contributed by atoms with Gasteiger partial charge in [-0.3, -0.25) is 9.88 Å². The number of nitrogens with zero attached hydrogens (tertiary/aromatic N) is 2. The molecular weight excluding hydrogens is 310 g/mol. The van der Waals surface area contributed by atoms with Crippen LogP contribution in [-0.2, 0) is 6.42 Å². The van der Waals surface area contributed by atoms with Crippen LogP contribution in [0.2, 0.25) is 0 Å². The molecule has 0 saturated heterocycles. The van der Waals surface area contributed by atoms with Crippen LogP contribution in [0.5, 0.6) is 0 Å². The largest absolute Gasteiger partial charge is 0.467 e. The lowest BCUT2D eigenvalue weighted by molar-refractivity contribution is 0.252. The molecule has 0 amide bonds. The van der Waals surface area contributed by atoms with Gasteiger partial charge in [0, 0.05) is 41.6 Å². The van der Waals surface area contributed by atoms with E-state index in [1.807, 2.05) is 18.5 Å². The third-order valence-electron chi connectivity index (χ3n) is 4.67. The van der Waals surface area contributed by atoms with Crippen LogP contribution < -0.4 is 0 Å². The second-order valence-corrected chi connectivity index (χ2v) is 6.29. The molecular formula is C21H21N3O. The Kier molecular flexibility index (Phi) is 4.36. The van der Waals surface area contributed by atoms with E-state index in [0.717, 1.165) is 24.2 Å². The van der Waals surface area contributed by atoms with Gasteiger partial charge in [0.15, 0.2) is 0 Å². The van der Waals surface area contributed by atoms with Crippen LogP contribution in [0.25, 0.3) is 10.9 Å². The maximum Gasteiger partial charge on any atom is 0.125 e. The number of rotatable bonds is 6. The van der Waals surface area contributed by atoms with Gasteiger partial charge >= 0.3 is 0 Å². The summed E-state index contributed by atoms with van der Waals surface area (Å²) in [6, 6.07) is 16.6. The van der Waals surface area contributed by atoms with Gasteiger partial charge in [-0.2, -0.15) is 0 Å². The molecule has 1 aromatic carbocycles. The molecule has 4 rings (SSSR count). The van der Waals surface area contributed by atoms with Crippen LogP contribution >= 0.6 is 0 Å². The van der Waals surface area contributed by atoms with Crippen LogP contribution in [0.4, 0.5) is 0 Å². The highest BCUT2D eigenvalue weighted by Crippen LogP contribution is 2.33.